The Morgan fingerprint density at radius 1 is 1.35 bits per heavy atom. The lowest BCUT2D eigenvalue weighted by molar-refractivity contribution is -0.140. The number of carboxylic acid groups (broad SMARTS) is 1. The maximum atomic E-state index is 11.1. The van der Waals surface area contributed by atoms with Gasteiger partial charge in [0.05, 0.1) is 17.8 Å². The number of carboxylic acids is 1. The van der Waals surface area contributed by atoms with Crippen molar-refractivity contribution in [2.75, 3.05) is 18.0 Å². The van der Waals surface area contributed by atoms with Crippen LogP contribution in [0.2, 0.25) is 5.02 Å². The van der Waals surface area contributed by atoms with E-state index in [1.165, 1.54) is 11.3 Å². The van der Waals surface area contributed by atoms with Gasteiger partial charge in [0.1, 0.15) is 0 Å². The van der Waals surface area contributed by atoms with Gasteiger partial charge in [-0.05, 0) is 18.6 Å². The molecule has 0 amide bonds. The number of hydrogen-bond donors (Lipinski definition) is 1. The zero-order valence-corrected chi connectivity index (χ0v) is 13.6. The van der Waals surface area contributed by atoms with Crippen molar-refractivity contribution < 1.29 is 9.90 Å². The van der Waals surface area contributed by atoms with Crippen LogP contribution in [0.1, 0.15) is 6.42 Å². The quantitative estimate of drug-likeness (QED) is 0.787. The number of anilines is 1. The maximum absolute atomic E-state index is 11.1. The fraction of sp³-hybridized carbons (Fsp3) is 0.267. The van der Waals surface area contributed by atoms with Crippen LogP contribution in [0.3, 0.4) is 0 Å². The molecule has 1 N–H and O–H groups in total. The summed E-state index contributed by atoms with van der Waals surface area (Å²) in [6.07, 6.45) is 2.54. The molecule has 1 aromatic carbocycles. The SMILES string of the molecule is O=C(O)C1CCN(c2nn3cc(-c4ccc(Cl)cc4)nc3s2)C1. The number of benzene rings is 1. The van der Waals surface area contributed by atoms with E-state index in [0.29, 0.717) is 18.0 Å². The summed E-state index contributed by atoms with van der Waals surface area (Å²) in [5, 5.41) is 15.1. The maximum Gasteiger partial charge on any atom is 0.308 e. The van der Waals surface area contributed by atoms with Gasteiger partial charge in [-0.25, -0.2) is 9.50 Å². The molecule has 1 fully saturated rings. The van der Waals surface area contributed by atoms with E-state index in [4.69, 9.17) is 16.7 Å². The van der Waals surface area contributed by atoms with E-state index in [-0.39, 0.29) is 5.92 Å². The Balaban J connectivity index is 1.60. The summed E-state index contributed by atoms with van der Waals surface area (Å²) in [5.74, 6) is -1.05. The summed E-state index contributed by atoms with van der Waals surface area (Å²) in [6.45, 7) is 1.23. The van der Waals surface area contributed by atoms with Crippen molar-refractivity contribution in [1.82, 2.24) is 14.6 Å². The smallest absolute Gasteiger partial charge is 0.308 e. The second kappa shape index (κ2) is 5.50. The average molecular weight is 349 g/mol. The monoisotopic (exact) mass is 348 g/mol. The molecule has 1 unspecified atom stereocenters. The highest BCUT2D eigenvalue weighted by atomic mass is 35.5. The van der Waals surface area contributed by atoms with Crippen LogP contribution in [0, 0.1) is 5.92 Å². The molecule has 1 saturated heterocycles. The van der Waals surface area contributed by atoms with Gasteiger partial charge < -0.3 is 10.0 Å². The van der Waals surface area contributed by atoms with E-state index in [9.17, 15) is 4.79 Å². The fourth-order valence-electron chi connectivity index (χ4n) is 2.71. The second-order valence-corrected chi connectivity index (χ2v) is 6.89. The third-order valence-electron chi connectivity index (χ3n) is 3.98. The van der Waals surface area contributed by atoms with Crippen LogP contribution >= 0.6 is 22.9 Å². The lowest BCUT2D eigenvalue weighted by Gasteiger charge is -2.12. The molecule has 1 atom stereocenters. The highest BCUT2D eigenvalue weighted by Gasteiger charge is 2.30. The molecule has 3 heterocycles. The van der Waals surface area contributed by atoms with E-state index in [1.807, 2.05) is 35.4 Å². The van der Waals surface area contributed by atoms with Crippen molar-refractivity contribution in [3.05, 3.63) is 35.5 Å². The Labute approximate surface area is 140 Å². The minimum Gasteiger partial charge on any atom is -0.481 e. The predicted octanol–water partition coefficient (Wildman–Crippen LogP) is 3.02. The number of nitrogens with zero attached hydrogens (tertiary/aromatic N) is 4. The normalized spacial score (nSPS) is 18.0. The number of rotatable bonds is 3. The highest BCUT2D eigenvalue weighted by Crippen LogP contribution is 2.30. The molecule has 0 saturated carbocycles. The van der Waals surface area contributed by atoms with Gasteiger partial charge in [-0.3, -0.25) is 4.79 Å². The largest absolute Gasteiger partial charge is 0.481 e. The summed E-state index contributed by atoms with van der Waals surface area (Å²) in [4.78, 5) is 18.5. The van der Waals surface area contributed by atoms with Crippen LogP contribution in [-0.2, 0) is 4.79 Å². The van der Waals surface area contributed by atoms with Crippen LogP contribution in [-0.4, -0.2) is 38.8 Å². The Hall–Kier alpha value is -2.12. The van der Waals surface area contributed by atoms with Crippen molar-refractivity contribution >= 4 is 39.0 Å². The molecule has 0 radical (unpaired) electrons. The molecule has 1 aliphatic heterocycles. The van der Waals surface area contributed by atoms with Crippen LogP contribution < -0.4 is 4.90 Å². The molecule has 8 heteroatoms. The van der Waals surface area contributed by atoms with Crippen LogP contribution in [0.25, 0.3) is 16.2 Å². The van der Waals surface area contributed by atoms with E-state index in [2.05, 4.69) is 10.1 Å². The first kappa shape index (κ1) is 14.5. The van der Waals surface area contributed by atoms with Crippen molar-refractivity contribution in [1.29, 1.82) is 0 Å². The minimum atomic E-state index is -0.737. The number of fused-ring (bicyclic) bond motifs is 1. The van der Waals surface area contributed by atoms with Gasteiger partial charge in [-0.1, -0.05) is 35.1 Å². The topological polar surface area (TPSA) is 70.7 Å². The third kappa shape index (κ3) is 2.66. The summed E-state index contributed by atoms with van der Waals surface area (Å²) in [7, 11) is 0. The van der Waals surface area contributed by atoms with Crippen molar-refractivity contribution in [3.63, 3.8) is 0 Å². The standard InChI is InChI=1S/C15H13ClN4O2S/c16-11-3-1-9(2-4-11)12-8-20-14(17-12)23-15(18-20)19-6-5-10(7-19)13(21)22/h1-4,8,10H,5-7H2,(H,21,22). The van der Waals surface area contributed by atoms with Gasteiger partial charge in [0.25, 0.3) is 0 Å². The number of hydrogen-bond acceptors (Lipinski definition) is 5. The molecular formula is C15H13ClN4O2S. The third-order valence-corrected chi connectivity index (χ3v) is 5.22. The fourth-order valence-corrected chi connectivity index (χ4v) is 3.76. The number of halogens is 1. The number of aromatic nitrogens is 3. The molecule has 1 aliphatic rings. The summed E-state index contributed by atoms with van der Waals surface area (Å²) in [6, 6.07) is 7.51. The van der Waals surface area contributed by atoms with Gasteiger partial charge in [-0.15, -0.1) is 5.10 Å². The first-order valence-corrected chi connectivity index (χ1v) is 8.39. The Bertz CT molecular complexity index is 842. The lowest BCUT2D eigenvalue weighted by atomic mass is 10.1. The average Bonchev–Trinajstić information content (AvgIpc) is 3.21. The van der Waals surface area contributed by atoms with Crippen LogP contribution in [0.15, 0.2) is 30.5 Å². The molecule has 0 bridgehead atoms. The highest BCUT2D eigenvalue weighted by molar-refractivity contribution is 7.20. The van der Waals surface area contributed by atoms with Gasteiger partial charge in [0.15, 0.2) is 0 Å². The summed E-state index contributed by atoms with van der Waals surface area (Å²) < 4.78 is 1.75. The first-order chi connectivity index (χ1) is 11.1. The van der Waals surface area contributed by atoms with Gasteiger partial charge in [0, 0.05) is 23.7 Å². The second-order valence-electron chi connectivity index (χ2n) is 5.51. The molecule has 118 valence electrons. The molecule has 3 aromatic rings. The lowest BCUT2D eigenvalue weighted by Crippen LogP contribution is -2.22. The number of carbonyl (C=O) groups is 1. The number of imidazole rings is 1. The van der Waals surface area contributed by atoms with Crippen molar-refractivity contribution in [3.8, 4) is 11.3 Å². The van der Waals surface area contributed by atoms with Crippen molar-refractivity contribution in [2.24, 2.45) is 5.92 Å². The first-order valence-electron chi connectivity index (χ1n) is 7.20. The molecule has 6 nitrogen and oxygen atoms in total. The van der Waals surface area contributed by atoms with Gasteiger partial charge >= 0.3 is 5.97 Å². The van der Waals surface area contributed by atoms with E-state index in [1.54, 1.807) is 4.52 Å². The minimum absolute atomic E-state index is 0.309. The molecule has 4 rings (SSSR count). The van der Waals surface area contributed by atoms with Gasteiger partial charge in [-0.2, -0.15) is 0 Å². The summed E-state index contributed by atoms with van der Waals surface area (Å²) >= 11 is 7.38. The van der Waals surface area contributed by atoms with Crippen LogP contribution in [0.4, 0.5) is 5.13 Å². The Morgan fingerprint density at radius 2 is 2.13 bits per heavy atom. The molecule has 2 aromatic heterocycles. The molecule has 0 aliphatic carbocycles. The van der Waals surface area contributed by atoms with E-state index >= 15 is 0 Å². The molecule has 23 heavy (non-hydrogen) atoms. The predicted molar refractivity (Wildman–Crippen MR) is 89.3 cm³/mol. The van der Waals surface area contributed by atoms with Crippen LogP contribution in [0.5, 0.6) is 0 Å². The summed E-state index contributed by atoms with van der Waals surface area (Å²) in [5.41, 5.74) is 1.83. The number of aliphatic carboxylic acids is 1. The Morgan fingerprint density at radius 3 is 2.78 bits per heavy atom. The zero-order chi connectivity index (χ0) is 16.0. The van der Waals surface area contributed by atoms with E-state index < -0.39 is 5.97 Å². The molecular weight excluding hydrogens is 336 g/mol. The van der Waals surface area contributed by atoms with E-state index in [0.717, 1.165) is 27.9 Å². The zero-order valence-electron chi connectivity index (χ0n) is 12.0. The van der Waals surface area contributed by atoms with Crippen molar-refractivity contribution in [2.45, 2.75) is 6.42 Å². The van der Waals surface area contributed by atoms with Gasteiger partial charge in [0.2, 0.25) is 10.1 Å². The Kier molecular flexibility index (Phi) is 3.46. The molecule has 0 spiro atoms.